The van der Waals surface area contributed by atoms with E-state index in [9.17, 15) is 0 Å². The maximum atomic E-state index is 5.55. The highest BCUT2D eigenvalue weighted by Gasteiger charge is 2.14. The van der Waals surface area contributed by atoms with Crippen molar-refractivity contribution in [2.24, 2.45) is 15.7 Å². The third kappa shape index (κ3) is 2.12. The first-order chi connectivity index (χ1) is 6.69. The van der Waals surface area contributed by atoms with Gasteiger partial charge in [-0.1, -0.05) is 13.5 Å². The average molecular weight is 193 g/mol. The van der Waals surface area contributed by atoms with Crippen LogP contribution in [0.15, 0.2) is 33.8 Å². The predicted molar refractivity (Wildman–Crippen MR) is 58.8 cm³/mol. The lowest BCUT2D eigenvalue weighted by Crippen LogP contribution is -2.36. The Morgan fingerprint density at radius 3 is 2.93 bits per heavy atom. The summed E-state index contributed by atoms with van der Waals surface area (Å²) in [5, 5.41) is 5.90. The quantitative estimate of drug-likeness (QED) is 0.562. The largest absolute Gasteiger partial charge is 0.369 e. The molecule has 1 heterocycles. The second-order valence-corrected chi connectivity index (χ2v) is 2.88. The van der Waals surface area contributed by atoms with Gasteiger partial charge in [0.25, 0.3) is 0 Å². The maximum absolute atomic E-state index is 5.55. The van der Waals surface area contributed by atoms with Crippen LogP contribution in [0.1, 0.15) is 13.3 Å². The van der Waals surface area contributed by atoms with Gasteiger partial charge < -0.3 is 16.4 Å². The molecule has 1 aliphatic rings. The Morgan fingerprint density at radius 1 is 1.64 bits per heavy atom. The number of hydrogen-bond acceptors (Lipinski definition) is 5. The second-order valence-electron chi connectivity index (χ2n) is 2.88. The minimum atomic E-state index is 0.320. The zero-order valence-electron chi connectivity index (χ0n) is 8.30. The molecule has 4 N–H and O–H groups in total. The van der Waals surface area contributed by atoms with Crippen molar-refractivity contribution < 1.29 is 0 Å². The molecule has 5 nitrogen and oxygen atoms in total. The molecule has 0 saturated heterocycles. The summed E-state index contributed by atoms with van der Waals surface area (Å²) in [5.41, 5.74) is 6.78. The molecule has 0 fully saturated rings. The molecular weight excluding hydrogens is 178 g/mol. The first-order valence-corrected chi connectivity index (χ1v) is 4.44. The first kappa shape index (κ1) is 10.3. The molecule has 0 aromatic heterocycles. The fourth-order valence-corrected chi connectivity index (χ4v) is 1.10. The van der Waals surface area contributed by atoms with E-state index in [0.29, 0.717) is 23.2 Å². The molecule has 0 aromatic carbocycles. The van der Waals surface area contributed by atoms with Crippen LogP contribution in [-0.4, -0.2) is 19.2 Å². The standard InChI is InChI=1S/C9H15N5/c1-4-5-12-8-7(11-3)6(2)13-9(10)14-8/h12H,2-5H2,1H3,(H3,10,13,14). The van der Waals surface area contributed by atoms with E-state index < -0.39 is 0 Å². The Hall–Kier alpha value is -1.78. The Balaban J connectivity index is 2.92. The number of hydrogen-bond donors (Lipinski definition) is 3. The highest BCUT2D eigenvalue weighted by atomic mass is 15.2. The zero-order chi connectivity index (χ0) is 10.6. The average Bonchev–Trinajstić information content (AvgIpc) is 2.14. The molecule has 5 heteroatoms. The lowest BCUT2D eigenvalue weighted by Gasteiger charge is -2.18. The van der Waals surface area contributed by atoms with E-state index in [1.807, 2.05) is 0 Å². The number of guanidine groups is 1. The van der Waals surface area contributed by atoms with Crippen molar-refractivity contribution in [1.29, 1.82) is 0 Å². The topological polar surface area (TPSA) is 74.8 Å². The number of nitrogens with one attached hydrogen (secondary N) is 2. The lowest BCUT2D eigenvalue weighted by atomic mass is 10.3. The normalized spacial score (nSPS) is 16.1. The molecule has 0 radical (unpaired) electrons. The van der Waals surface area contributed by atoms with Gasteiger partial charge in [-0.25, -0.2) is 0 Å². The number of rotatable bonds is 4. The van der Waals surface area contributed by atoms with Crippen LogP contribution < -0.4 is 16.4 Å². The molecule has 0 unspecified atom stereocenters. The van der Waals surface area contributed by atoms with Crippen LogP contribution in [0.5, 0.6) is 0 Å². The molecule has 0 bridgehead atoms. The van der Waals surface area contributed by atoms with Crippen LogP contribution in [0.25, 0.3) is 0 Å². The predicted octanol–water partition coefficient (Wildman–Crippen LogP) is 0.287. The molecule has 1 rings (SSSR count). The van der Waals surface area contributed by atoms with Gasteiger partial charge in [0.2, 0.25) is 0 Å². The van der Waals surface area contributed by atoms with Crippen molar-refractivity contribution in [1.82, 2.24) is 10.6 Å². The van der Waals surface area contributed by atoms with Gasteiger partial charge in [-0.2, -0.15) is 4.99 Å². The van der Waals surface area contributed by atoms with Crippen molar-refractivity contribution in [3.05, 3.63) is 23.8 Å². The Labute approximate surface area is 83.5 Å². The summed E-state index contributed by atoms with van der Waals surface area (Å²) < 4.78 is 0. The molecule has 14 heavy (non-hydrogen) atoms. The number of aliphatic imine (C=N–C) groups is 2. The fourth-order valence-electron chi connectivity index (χ4n) is 1.10. The van der Waals surface area contributed by atoms with Gasteiger partial charge in [0.1, 0.15) is 5.70 Å². The minimum absolute atomic E-state index is 0.320. The van der Waals surface area contributed by atoms with Gasteiger partial charge >= 0.3 is 0 Å². The molecular formula is C9H15N5. The summed E-state index contributed by atoms with van der Waals surface area (Å²) >= 11 is 0. The molecule has 0 amide bonds. The lowest BCUT2D eigenvalue weighted by molar-refractivity contribution is 0.742. The first-order valence-electron chi connectivity index (χ1n) is 4.44. The van der Waals surface area contributed by atoms with Crippen molar-refractivity contribution in [2.75, 3.05) is 6.54 Å². The maximum Gasteiger partial charge on any atom is 0.199 e. The third-order valence-electron chi connectivity index (χ3n) is 1.72. The minimum Gasteiger partial charge on any atom is -0.369 e. The SMILES string of the molecule is C=NC1=C(NCCC)N=C(N)NC1=C. The van der Waals surface area contributed by atoms with E-state index in [1.165, 1.54) is 0 Å². The summed E-state index contributed by atoms with van der Waals surface area (Å²) in [5.74, 6) is 0.948. The highest BCUT2D eigenvalue weighted by molar-refractivity contribution is 5.83. The van der Waals surface area contributed by atoms with E-state index in [4.69, 9.17) is 5.73 Å². The molecule has 0 atom stereocenters. The van der Waals surface area contributed by atoms with E-state index in [0.717, 1.165) is 13.0 Å². The van der Waals surface area contributed by atoms with Crippen LogP contribution in [0.4, 0.5) is 0 Å². The molecule has 76 valence electrons. The summed E-state index contributed by atoms with van der Waals surface area (Å²) in [6.45, 7) is 10.1. The summed E-state index contributed by atoms with van der Waals surface area (Å²) in [6, 6.07) is 0. The van der Waals surface area contributed by atoms with E-state index in [-0.39, 0.29) is 0 Å². The van der Waals surface area contributed by atoms with Crippen LogP contribution in [0.2, 0.25) is 0 Å². The fraction of sp³-hybridized carbons (Fsp3) is 0.333. The summed E-state index contributed by atoms with van der Waals surface area (Å²) in [6.07, 6.45) is 1.00. The Morgan fingerprint density at radius 2 is 2.36 bits per heavy atom. The van der Waals surface area contributed by atoms with Gasteiger partial charge in [-0.05, 0) is 13.1 Å². The van der Waals surface area contributed by atoms with Crippen LogP contribution in [0.3, 0.4) is 0 Å². The van der Waals surface area contributed by atoms with Crippen molar-refractivity contribution in [3.8, 4) is 0 Å². The van der Waals surface area contributed by atoms with Crippen LogP contribution in [-0.2, 0) is 0 Å². The monoisotopic (exact) mass is 193 g/mol. The highest BCUT2D eigenvalue weighted by Crippen LogP contribution is 2.14. The van der Waals surface area contributed by atoms with E-state index in [2.05, 4.69) is 40.8 Å². The summed E-state index contributed by atoms with van der Waals surface area (Å²) in [7, 11) is 0. The van der Waals surface area contributed by atoms with E-state index >= 15 is 0 Å². The van der Waals surface area contributed by atoms with Crippen molar-refractivity contribution in [3.63, 3.8) is 0 Å². The van der Waals surface area contributed by atoms with Crippen molar-refractivity contribution in [2.45, 2.75) is 13.3 Å². The number of nitrogens with zero attached hydrogens (tertiary/aromatic N) is 2. The van der Waals surface area contributed by atoms with Gasteiger partial charge in [0.15, 0.2) is 11.8 Å². The van der Waals surface area contributed by atoms with Gasteiger partial charge in [-0.3, -0.25) is 4.99 Å². The molecule has 0 spiro atoms. The molecule has 0 saturated carbocycles. The van der Waals surface area contributed by atoms with Gasteiger partial charge in [-0.15, -0.1) is 0 Å². The smallest absolute Gasteiger partial charge is 0.199 e. The third-order valence-corrected chi connectivity index (χ3v) is 1.72. The van der Waals surface area contributed by atoms with Crippen LogP contribution in [0, 0.1) is 0 Å². The van der Waals surface area contributed by atoms with E-state index in [1.54, 1.807) is 0 Å². The molecule has 1 aliphatic heterocycles. The van der Waals surface area contributed by atoms with Crippen molar-refractivity contribution >= 4 is 12.7 Å². The van der Waals surface area contributed by atoms with Crippen LogP contribution >= 0.6 is 0 Å². The number of nitrogens with two attached hydrogens (primary N) is 1. The van der Waals surface area contributed by atoms with Gasteiger partial charge in [0.05, 0.1) is 5.70 Å². The Kier molecular flexibility index (Phi) is 3.28. The second kappa shape index (κ2) is 4.45. The molecule has 0 aromatic rings. The zero-order valence-corrected chi connectivity index (χ0v) is 8.30. The summed E-state index contributed by atoms with van der Waals surface area (Å²) in [4.78, 5) is 7.92. The molecule has 0 aliphatic carbocycles. The Bertz CT molecular complexity index is 313. The van der Waals surface area contributed by atoms with Gasteiger partial charge in [0, 0.05) is 6.54 Å².